The molecule has 0 radical (unpaired) electrons. The van der Waals surface area contributed by atoms with Crippen LogP contribution in [0.1, 0.15) is 5.56 Å². The van der Waals surface area contributed by atoms with Crippen LogP contribution in [-0.4, -0.2) is 15.5 Å². The lowest BCUT2D eigenvalue weighted by molar-refractivity contribution is 0.415. The third-order valence-corrected chi connectivity index (χ3v) is 5.14. The van der Waals surface area contributed by atoms with Gasteiger partial charge in [0.1, 0.15) is 16.5 Å². The first kappa shape index (κ1) is 16.4. The van der Waals surface area contributed by atoms with Gasteiger partial charge < -0.3 is 4.74 Å². The minimum absolute atomic E-state index is 0.0820. The fourth-order valence-electron chi connectivity index (χ4n) is 2.43. The lowest BCUT2D eigenvalue weighted by Crippen LogP contribution is -2.24. The molecule has 0 saturated heterocycles. The van der Waals surface area contributed by atoms with Gasteiger partial charge in [-0.15, -0.1) is 0 Å². The van der Waals surface area contributed by atoms with E-state index in [1.165, 1.54) is 18.2 Å². The van der Waals surface area contributed by atoms with Crippen molar-refractivity contribution < 1.29 is 17.5 Å². The van der Waals surface area contributed by atoms with Crippen LogP contribution in [-0.2, 0) is 16.6 Å². The van der Waals surface area contributed by atoms with Crippen LogP contribution in [0.15, 0.2) is 65.6 Å². The van der Waals surface area contributed by atoms with Gasteiger partial charge in [-0.25, -0.2) is 17.5 Å². The Morgan fingerprint density at radius 3 is 2.46 bits per heavy atom. The molecule has 1 N–H and O–H groups in total. The fourth-order valence-corrected chi connectivity index (χ4v) is 3.52. The van der Waals surface area contributed by atoms with E-state index in [1.807, 2.05) is 36.4 Å². The monoisotopic (exact) mass is 345 g/mol. The summed E-state index contributed by atoms with van der Waals surface area (Å²) in [5.74, 6) is -0.00823. The first-order valence-electron chi connectivity index (χ1n) is 7.30. The molecule has 3 rings (SSSR count). The van der Waals surface area contributed by atoms with E-state index in [9.17, 15) is 12.8 Å². The largest absolute Gasteiger partial charge is 0.497 e. The van der Waals surface area contributed by atoms with E-state index in [-0.39, 0.29) is 11.4 Å². The maximum Gasteiger partial charge on any atom is 0.243 e. The molecule has 0 saturated carbocycles. The summed E-state index contributed by atoms with van der Waals surface area (Å²) in [6.07, 6.45) is 0. The molecule has 6 heteroatoms. The zero-order valence-electron chi connectivity index (χ0n) is 13.0. The Balaban J connectivity index is 1.81. The van der Waals surface area contributed by atoms with Crippen LogP contribution < -0.4 is 9.46 Å². The molecule has 4 nitrogen and oxygen atoms in total. The number of halogens is 1. The zero-order chi connectivity index (χ0) is 17.2. The first-order valence-corrected chi connectivity index (χ1v) is 8.79. The topological polar surface area (TPSA) is 55.4 Å². The molecular formula is C18H16FNO3S. The molecule has 0 fully saturated rings. The Hall–Kier alpha value is -2.44. The molecule has 0 aromatic heterocycles. The van der Waals surface area contributed by atoms with Crippen molar-refractivity contribution in [3.63, 3.8) is 0 Å². The van der Waals surface area contributed by atoms with Gasteiger partial charge in [0.2, 0.25) is 10.0 Å². The highest BCUT2D eigenvalue weighted by molar-refractivity contribution is 7.89. The van der Waals surface area contributed by atoms with Crippen molar-refractivity contribution in [1.82, 2.24) is 4.72 Å². The number of hydrogen-bond acceptors (Lipinski definition) is 3. The number of ether oxygens (including phenoxy) is 1. The summed E-state index contributed by atoms with van der Waals surface area (Å²) in [4.78, 5) is -0.351. The molecule has 0 aliphatic rings. The van der Waals surface area contributed by atoms with Crippen molar-refractivity contribution in [3.05, 3.63) is 72.0 Å². The summed E-state index contributed by atoms with van der Waals surface area (Å²) >= 11 is 0. The van der Waals surface area contributed by atoms with E-state index in [0.29, 0.717) is 0 Å². The van der Waals surface area contributed by atoms with Crippen molar-refractivity contribution in [2.24, 2.45) is 0 Å². The van der Waals surface area contributed by atoms with E-state index in [4.69, 9.17) is 4.74 Å². The minimum atomic E-state index is -3.90. The summed E-state index contributed by atoms with van der Waals surface area (Å²) in [5.41, 5.74) is 0.785. The van der Waals surface area contributed by atoms with Gasteiger partial charge in [0, 0.05) is 6.54 Å². The van der Waals surface area contributed by atoms with Gasteiger partial charge in [0.05, 0.1) is 7.11 Å². The molecule has 0 unspecified atom stereocenters. The average molecular weight is 345 g/mol. The number of rotatable bonds is 5. The van der Waals surface area contributed by atoms with Crippen LogP contribution in [0, 0.1) is 5.82 Å². The van der Waals surface area contributed by atoms with E-state index < -0.39 is 15.8 Å². The summed E-state index contributed by atoms with van der Waals surface area (Å²) in [6.45, 7) is 0.0820. The Bertz CT molecular complexity index is 986. The van der Waals surface area contributed by atoms with Gasteiger partial charge in [0.15, 0.2) is 0 Å². The highest BCUT2D eigenvalue weighted by Gasteiger charge is 2.17. The van der Waals surface area contributed by atoms with Gasteiger partial charge in [-0.1, -0.05) is 30.3 Å². The van der Waals surface area contributed by atoms with Crippen LogP contribution in [0.25, 0.3) is 10.8 Å². The zero-order valence-corrected chi connectivity index (χ0v) is 13.8. The number of nitrogens with one attached hydrogen (secondary N) is 1. The summed E-state index contributed by atoms with van der Waals surface area (Å²) in [6, 6.07) is 16.6. The molecule has 3 aromatic rings. The number of fused-ring (bicyclic) bond motifs is 1. The molecule has 0 spiro atoms. The maximum atomic E-state index is 13.7. The molecule has 0 atom stereocenters. The van der Waals surface area contributed by atoms with Crippen LogP contribution in [0.5, 0.6) is 5.75 Å². The predicted molar refractivity (Wildman–Crippen MR) is 90.9 cm³/mol. The number of methoxy groups -OCH3 is 1. The summed E-state index contributed by atoms with van der Waals surface area (Å²) in [5, 5.41) is 1.97. The van der Waals surface area contributed by atoms with E-state index in [2.05, 4.69) is 4.72 Å². The quantitative estimate of drug-likeness (QED) is 0.770. The van der Waals surface area contributed by atoms with Crippen LogP contribution in [0.2, 0.25) is 0 Å². The van der Waals surface area contributed by atoms with Gasteiger partial charge in [-0.2, -0.15) is 0 Å². The lowest BCUT2D eigenvalue weighted by Gasteiger charge is -2.09. The molecule has 0 heterocycles. The third-order valence-electron chi connectivity index (χ3n) is 3.70. The molecule has 124 valence electrons. The van der Waals surface area contributed by atoms with E-state index >= 15 is 0 Å². The van der Waals surface area contributed by atoms with Gasteiger partial charge in [-0.3, -0.25) is 0 Å². The summed E-state index contributed by atoms with van der Waals surface area (Å²) < 4.78 is 45.7. The van der Waals surface area contributed by atoms with Crippen molar-refractivity contribution in [2.75, 3.05) is 7.11 Å². The number of sulfonamides is 1. The molecule has 0 bridgehead atoms. The Labute approximate surface area is 139 Å². The van der Waals surface area contributed by atoms with Crippen molar-refractivity contribution in [3.8, 4) is 5.75 Å². The molecule has 0 aliphatic heterocycles. The third kappa shape index (κ3) is 3.39. The van der Waals surface area contributed by atoms with Crippen molar-refractivity contribution >= 4 is 20.8 Å². The minimum Gasteiger partial charge on any atom is -0.497 e. The fraction of sp³-hybridized carbons (Fsp3) is 0.111. The van der Waals surface area contributed by atoms with Crippen molar-refractivity contribution in [1.29, 1.82) is 0 Å². The molecular weight excluding hydrogens is 329 g/mol. The van der Waals surface area contributed by atoms with Gasteiger partial charge in [-0.05, 0) is 46.7 Å². The van der Waals surface area contributed by atoms with Crippen LogP contribution >= 0.6 is 0 Å². The Morgan fingerprint density at radius 2 is 1.71 bits per heavy atom. The molecule has 3 aromatic carbocycles. The molecule has 0 amide bonds. The van der Waals surface area contributed by atoms with Crippen LogP contribution in [0.3, 0.4) is 0 Å². The molecule has 24 heavy (non-hydrogen) atoms. The second-order valence-corrected chi connectivity index (χ2v) is 7.04. The summed E-state index contributed by atoms with van der Waals surface area (Å²) in [7, 11) is -2.29. The van der Waals surface area contributed by atoms with Gasteiger partial charge in [0.25, 0.3) is 0 Å². The average Bonchev–Trinajstić information content (AvgIpc) is 2.59. The Kier molecular flexibility index (Phi) is 4.51. The van der Waals surface area contributed by atoms with Crippen LogP contribution in [0.4, 0.5) is 4.39 Å². The highest BCUT2D eigenvalue weighted by atomic mass is 32.2. The standard InChI is InChI=1S/C18H16FNO3S/c1-23-16-9-8-14-10-13(6-7-15(14)11-16)12-20-24(21,22)18-5-3-2-4-17(18)19/h2-11,20H,12H2,1H3. The normalized spacial score (nSPS) is 11.6. The highest BCUT2D eigenvalue weighted by Crippen LogP contribution is 2.22. The Morgan fingerprint density at radius 1 is 1.00 bits per heavy atom. The van der Waals surface area contributed by atoms with Gasteiger partial charge >= 0.3 is 0 Å². The smallest absolute Gasteiger partial charge is 0.243 e. The second kappa shape index (κ2) is 6.59. The SMILES string of the molecule is COc1ccc2cc(CNS(=O)(=O)c3ccccc3F)ccc2c1. The predicted octanol–water partition coefficient (Wildman–Crippen LogP) is 3.47. The first-order chi connectivity index (χ1) is 11.5. The lowest BCUT2D eigenvalue weighted by atomic mass is 10.1. The maximum absolute atomic E-state index is 13.7. The number of benzene rings is 3. The van der Waals surface area contributed by atoms with Crippen molar-refractivity contribution in [2.45, 2.75) is 11.4 Å². The second-order valence-electron chi connectivity index (χ2n) is 5.30. The number of hydrogen-bond donors (Lipinski definition) is 1. The molecule has 0 aliphatic carbocycles. The van der Waals surface area contributed by atoms with E-state index in [1.54, 1.807) is 7.11 Å². The van der Waals surface area contributed by atoms with E-state index in [0.717, 1.165) is 28.2 Å².